The first-order chi connectivity index (χ1) is 9.56. The molecule has 1 rings (SSSR count). The Morgan fingerprint density at radius 2 is 1.90 bits per heavy atom. The number of hydrogen-bond donors (Lipinski definition) is 0. The molecule has 0 amide bonds. The third-order valence-corrected chi connectivity index (χ3v) is 5.42. The molecule has 21 heavy (non-hydrogen) atoms. The second-order valence-corrected chi connectivity index (χ2v) is 9.01. The Bertz CT molecular complexity index is 718. The first kappa shape index (κ1) is 17.6. The maximum absolute atomic E-state index is 12.0. The van der Waals surface area contributed by atoms with Crippen molar-refractivity contribution in [1.82, 2.24) is 9.78 Å². The van der Waals surface area contributed by atoms with Crippen LogP contribution in [0.5, 0.6) is 0 Å². The van der Waals surface area contributed by atoms with Gasteiger partial charge in [-0.1, -0.05) is 0 Å². The van der Waals surface area contributed by atoms with Crippen LogP contribution >= 0.6 is 0 Å². The third-order valence-electron chi connectivity index (χ3n) is 2.68. The molecular formula is C11H18N2O6S2. The van der Waals surface area contributed by atoms with Crippen LogP contribution in [0.4, 0.5) is 0 Å². The van der Waals surface area contributed by atoms with E-state index in [2.05, 4.69) is 5.10 Å². The van der Waals surface area contributed by atoms with E-state index in [1.807, 2.05) is 0 Å². The quantitative estimate of drug-likeness (QED) is 0.619. The molecule has 1 aromatic rings. The van der Waals surface area contributed by atoms with E-state index in [0.29, 0.717) is 0 Å². The summed E-state index contributed by atoms with van der Waals surface area (Å²) in [6, 6.07) is 0. The summed E-state index contributed by atoms with van der Waals surface area (Å²) in [7, 11) is -5.55. The van der Waals surface area contributed by atoms with E-state index < -0.39 is 42.9 Å². The van der Waals surface area contributed by atoms with Gasteiger partial charge in [0, 0.05) is 13.3 Å². The van der Waals surface area contributed by atoms with Gasteiger partial charge in [-0.2, -0.15) is 5.10 Å². The summed E-state index contributed by atoms with van der Waals surface area (Å²) in [4.78, 5) is 11.7. The zero-order valence-corrected chi connectivity index (χ0v) is 13.7. The Balaban J connectivity index is 2.97. The van der Waals surface area contributed by atoms with Gasteiger partial charge in [-0.05, 0) is 6.92 Å². The fourth-order valence-electron chi connectivity index (χ4n) is 1.57. The summed E-state index contributed by atoms with van der Waals surface area (Å²) >= 11 is 0. The molecule has 1 heterocycles. The number of esters is 1. The Labute approximate surface area is 123 Å². The van der Waals surface area contributed by atoms with E-state index >= 15 is 0 Å². The zero-order chi connectivity index (χ0) is 16.3. The molecule has 0 N–H and O–H groups in total. The predicted molar refractivity (Wildman–Crippen MR) is 76.4 cm³/mol. The fraction of sp³-hybridized carbons (Fsp3) is 0.636. The predicted octanol–water partition coefficient (Wildman–Crippen LogP) is -0.444. The molecule has 0 spiro atoms. The first-order valence-corrected chi connectivity index (χ1v) is 10.00. The minimum absolute atomic E-state index is 0.0716. The minimum atomic E-state index is -3.68. The lowest BCUT2D eigenvalue weighted by Crippen LogP contribution is -2.20. The monoisotopic (exact) mass is 338 g/mol. The van der Waals surface area contributed by atoms with Crippen LogP contribution < -0.4 is 0 Å². The molecule has 0 aromatic carbocycles. The maximum atomic E-state index is 12.0. The second kappa shape index (κ2) is 6.56. The van der Waals surface area contributed by atoms with Crippen LogP contribution in [0.1, 0.15) is 23.0 Å². The van der Waals surface area contributed by atoms with Crippen LogP contribution in [0.3, 0.4) is 0 Å². The van der Waals surface area contributed by atoms with E-state index in [4.69, 9.17) is 4.74 Å². The Morgan fingerprint density at radius 1 is 1.29 bits per heavy atom. The highest BCUT2D eigenvalue weighted by atomic mass is 32.2. The van der Waals surface area contributed by atoms with E-state index in [9.17, 15) is 21.6 Å². The molecule has 0 unspecified atom stereocenters. The fourth-order valence-corrected chi connectivity index (χ4v) is 4.70. The van der Waals surface area contributed by atoms with Gasteiger partial charge in [-0.15, -0.1) is 0 Å². The number of sulfone groups is 2. The van der Waals surface area contributed by atoms with E-state index in [0.717, 1.165) is 6.26 Å². The normalized spacial score (nSPS) is 12.3. The maximum Gasteiger partial charge on any atom is 0.341 e. The van der Waals surface area contributed by atoms with Crippen LogP contribution in [-0.4, -0.2) is 57.0 Å². The summed E-state index contributed by atoms with van der Waals surface area (Å²) in [5, 5.41) is 3.85. The highest BCUT2D eigenvalue weighted by Gasteiger charge is 2.23. The molecule has 0 aliphatic carbocycles. The van der Waals surface area contributed by atoms with Crippen molar-refractivity contribution in [3.63, 3.8) is 0 Å². The molecule has 0 saturated carbocycles. The van der Waals surface area contributed by atoms with Crippen LogP contribution in [0.15, 0.2) is 6.20 Å². The SMILES string of the molecule is CCOC(=O)c1cnn(C)c1CS(=O)(=O)CCS(C)(=O)=O. The summed E-state index contributed by atoms with van der Waals surface area (Å²) in [6.07, 6.45) is 2.20. The van der Waals surface area contributed by atoms with Crippen LogP contribution in [0.2, 0.25) is 0 Å². The number of aryl methyl sites for hydroxylation is 1. The average Bonchev–Trinajstić information content (AvgIpc) is 2.68. The Kier molecular flexibility index (Phi) is 5.51. The number of nitrogens with zero attached hydrogens (tertiary/aromatic N) is 2. The average molecular weight is 338 g/mol. The number of rotatable bonds is 7. The number of aromatic nitrogens is 2. The molecule has 10 heteroatoms. The Morgan fingerprint density at radius 3 is 2.43 bits per heavy atom. The molecule has 0 aliphatic rings. The lowest BCUT2D eigenvalue weighted by molar-refractivity contribution is 0.0525. The highest BCUT2D eigenvalue weighted by molar-refractivity contribution is 7.94. The van der Waals surface area contributed by atoms with Gasteiger partial charge in [0.25, 0.3) is 0 Å². The van der Waals surface area contributed by atoms with Crippen molar-refractivity contribution in [2.24, 2.45) is 7.05 Å². The van der Waals surface area contributed by atoms with Gasteiger partial charge >= 0.3 is 5.97 Å². The van der Waals surface area contributed by atoms with E-state index in [1.165, 1.54) is 17.9 Å². The van der Waals surface area contributed by atoms with E-state index in [1.54, 1.807) is 6.92 Å². The van der Waals surface area contributed by atoms with Gasteiger partial charge in [0.1, 0.15) is 15.4 Å². The topological polar surface area (TPSA) is 112 Å². The van der Waals surface area contributed by atoms with Crippen molar-refractivity contribution >= 4 is 25.6 Å². The van der Waals surface area contributed by atoms with Gasteiger partial charge in [0.05, 0.1) is 35.8 Å². The van der Waals surface area contributed by atoms with Crippen molar-refractivity contribution in [1.29, 1.82) is 0 Å². The first-order valence-electron chi connectivity index (χ1n) is 6.12. The molecule has 0 bridgehead atoms. The lowest BCUT2D eigenvalue weighted by atomic mass is 10.3. The largest absolute Gasteiger partial charge is 0.462 e. The molecule has 0 radical (unpaired) electrons. The molecule has 120 valence electrons. The highest BCUT2D eigenvalue weighted by Crippen LogP contribution is 2.14. The standard InChI is InChI=1S/C11H18N2O6S2/c1-4-19-11(14)9-7-12-13(2)10(9)8-21(17,18)6-5-20(3,15)16/h7H,4-6,8H2,1-3H3. The summed E-state index contributed by atoms with van der Waals surface area (Å²) in [6.45, 7) is 1.80. The number of carbonyl (C=O) groups is 1. The van der Waals surface area contributed by atoms with Gasteiger partial charge in [0.2, 0.25) is 0 Å². The molecular weight excluding hydrogens is 320 g/mol. The van der Waals surface area contributed by atoms with Gasteiger partial charge < -0.3 is 4.74 Å². The Hall–Kier alpha value is -1.42. The number of hydrogen-bond acceptors (Lipinski definition) is 7. The van der Waals surface area contributed by atoms with Crippen LogP contribution in [0, 0.1) is 0 Å². The third kappa shape index (κ3) is 5.46. The van der Waals surface area contributed by atoms with Gasteiger partial charge in [0.15, 0.2) is 9.84 Å². The second-order valence-electron chi connectivity index (χ2n) is 4.57. The molecule has 0 fully saturated rings. The molecule has 0 atom stereocenters. The van der Waals surface area contributed by atoms with Crippen molar-refractivity contribution in [2.75, 3.05) is 24.4 Å². The summed E-state index contributed by atoms with van der Waals surface area (Å²) in [5.41, 5.74) is 0.254. The van der Waals surface area contributed by atoms with Crippen molar-refractivity contribution in [3.05, 3.63) is 17.5 Å². The van der Waals surface area contributed by atoms with Crippen molar-refractivity contribution < 1.29 is 26.4 Å². The molecule has 8 nitrogen and oxygen atoms in total. The van der Waals surface area contributed by atoms with Crippen LogP contribution in [0.25, 0.3) is 0 Å². The number of carbonyl (C=O) groups excluding carboxylic acids is 1. The van der Waals surface area contributed by atoms with Crippen molar-refractivity contribution in [2.45, 2.75) is 12.7 Å². The lowest BCUT2D eigenvalue weighted by Gasteiger charge is -2.07. The van der Waals surface area contributed by atoms with Gasteiger partial charge in [-0.25, -0.2) is 21.6 Å². The zero-order valence-electron chi connectivity index (χ0n) is 12.1. The van der Waals surface area contributed by atoms with Gasteiger partial charge in [-0.3, -0.25) is 4.68 Å². The minimum Gasteiger partial charge on any atom is -0.462 e. The molecule has 1 aromatic heterocycles. The summed E-state index contributed by atoms with van der Waals surface area (Å²) < 4.78 is 52.1. The molecule has 0 saturated heterocycles. The summed E-state index contributed by atoms with van der Waals surface area (Å²) in [5.74, 6) is -2.08. The van der Waals surface area contributed by atoms with E-state index in [-0.39, 0.29) is 17.9 Å². The van der Waals surface area contributed by atoms with Crippen molar-refractivity contribution in [3.8, 4) is 0 Å². The smallest absolute Gasteiger partial charge is 0.341 e. The molecule has 0 aliphatic heterocycles. The van der Waals surface area contributed by atoms with Crippen LogP contribution in [-0.2, 0) is 37.2 Å². The number of ether oxygens (including phenoxy) is 1.